The second kappa shape index (κ2) is 9.02. The van der Waals surface area contributed by atoms with E-state index in [4.69, 9.17) is 0 Å². The number of nitrogens with one attached hydrogen (secondary N) is 1. The molecule has 0 rings (SSSR count). The third-order valence-electron chi connectivity index (χ3n) is 2.98. The van der Waals surface area contributed by atoms with Gasteiger partial charge in [-0.1, -0.05) is 20.8 Å². The Morgan fingerprint density at radius 1 is 1.12 bits per heavy atom. The Labute approximate surface area is 105 Å². The highest BCUT2D eigenvalue weighted by Crippen LogP contribution is 2.06. The van der Waals surface area contributed by atoms with Gasteiger partial charge in [-0.25, -0.2) is 0 Å². The molecular weight excluding hydrogens is 216 g/mol. The quantitative estimate of drug-likeness (QED) is 0.705. The Kier molecular flexibility index (Phi) is 8.46. The molecule has 0 fully saturated rings. The molecule has 0 aliphatic rings. The maximum Gasteiger partial charge on any atom is 0.223 e. The number of hydrogen-bond acceptors (Lipinski definition) is 2. The van der Waals surface area contributed by atoms with Gasteiger partial charge < -0.3 is 10.2 Å². The minimum absolute atomic E-state index is 0.0728. The summed E-state index contributed by atoms with van der Waals surface area (Å²) >= 11 is 0. The van der Waals surface area contributed by atoms with Crippen molar-refractivity contribution in [2.45, 2.75) is 47.0 Å². The van der Waals surface area contributed by atoms with Crippen molar-refractivity contribution in [2.75, 3.05) is 19.6 Å². The van der Waals surface area contributed by atoms with Crippen LogP contribution < -0.4 is 5.32 Å². The van der Waals surface area contributed by atoms with Crippen LogP contribution in [0.25, 0.3) is 0 Å². The van der Waals surface area contributed by atoms with Crippen LogP contribution in [0.4, 0.5) is 0 Å². The largest absolute Gasteiger partial charge is 0.354 e. The third-order valence-corrected chi connectivity index (χ3v) is 2.98. The van der Waals surface area contributed by atoms with Crippen molar-refractivity contribution < 1.29 is 9.59 Å². The van der Waals surface area contributed by atoms with E-state index in [0.29, 0.717) is 13.1 Å². The number of carbonyl (C=O) groups is 2. The minimum atomic E-state index is 0.0728. The molecule has 17 heavy (non-hydrogen) atoms. The third kappa shape index (κ3) is 6.29. The van der Waals surface area contributed by atoms with Crippen LogP contribution >= 0.6 is 0 Å². The van der Waals surface area contributed by atoms with Crippen LogP contribution in [0, 0.1) is 5.92 Å². The molecule has 0 saturated carbocycles. The summed E-state index contributed by atoms with van der Waals surface area (Å²) < 4.78 is 0. The fourth-order valence-electron chi connectivity index (χ4n) is 1.81. The maximum absolute atomic E-state index is 11.7. The molecule has 0 aromatic carbocycles. The molecule has 0 bridgehead atoms. The average Bonchev–Trinajstić information content (AvgIpc) is 2.29. The van der Waals surface area contributed by atoms with Gasteiger partial charge in [-0.3, -0.25) is 9.59 Å². The van der Waals surface area contributed by atoms with E-state index in [9.17, 15) is 9.59 Å². The first kappa shape index (κ1) is 15.9. The molecule has 0 aromatic rings. The van der Waals surface area contributed by atoms with Crippen LogP contribution in [-0.4, -0.2) is 36.3 Å². The summed E-state index contributed by atoms with van der Waals surface area (Å²) in [6, 6.07) is 0. The van der Waals surface area contributed by atoms with Crippen molar-refractivity contribution >= 4 is 11.8 Å². The predicted octanol–water partition coefficient (Wildman–Crippen LogP) is 1.80. The van der Waals surface area contributed by atoms with Gasteiger partial charge in [0, 0.05) is 32.5 Å². The Balaban J connectivity index is 3.95. The smallest absolute Gasteiger partial charge is 0.223 e. The van der Waals surface area contributed by atoms with E-state index in [1.165, 1.54) is 0 Å². The number of amides is 2. The van der Waals surface area contributed by atoms with E-state index >= 15 is 0 Å². The molecule has 0 unspecified atom stereocenters. The number of nitrogens with zero attached hydrogens (tertiary/aromatic N) is 1. The van der Waals surface area contributed by atoms with Crippen LogP contribution in [-0.2, 0) is 9.59 Å². The Morgan fingerprint density at radius 2 is 1.71 bits per heavy atom. The fraction of sp³-hybridized carbons (Fsp3) is 0.846. The molecule has 0 aliphatic carbocycles. The summed E-state index contributed by atoms with van der Waals surface area (Å²) in [7, 11) is 0. The first-order chi connectivity index (χ1) is 8.06. The zero-order valence-electron chi connectivity index (χ0n) is 11.6. The molecule has 2 amide bonds. The molecule has 0 saturated heterocycles. The molecule has 100 valence electrons. The van der Waals surface area contributed by atoms with E-state index in [1.807, 2.05) is 20.8 Å². The second-order valence-corrected chi connectivity index (χ2v) is 4.31. The van der Waals surface area contributed by atoms with Gasteiger partial charge in [-0.05, 0) is 19.3 Å². The topological polar surface area (TPSA) is 49.4 Å². The Hall–Kier alpha value is -1.06. The zero-order valence-corrected chi connectivity index (χ0v) is 11.6. The van der Waals surface area contributed by atoms with Gasteiger partial charge in [0.2, 0.25) is 11.8 Å². The number of hydrogen-bond donors (Lipinski definition) is 1. The van der Waals surface area contributed by atoms with Crippen molar-refractivity contribution in [3.8, 4) is 0 Å². The normalized spacial score (nSPS) is 10.4. The van der Waals surface area contributed by atoms with Crippen LogP contribution in [0.2, 0.25) is 0 Å². The molecule has 0 radical (unpaired) electrons. The van der Waals surface area contributed by atoms with Gasteiger partial charge in [0.1, 0.15) is 0 Å². The molecule has 0 aliphatic heterocycles. The molecule has 0 aromatic heterocycles. The van der Waals surface area contributed by atoms with E-state index in [2.05, 4.69) is 5.32 Å². The number of carbonyl (C=O) groups excluding carboxylic acids is 2. The Bertz CT molecular complexity index is 238. The summed E-state index contributed by atoms with van der Waals surface area (Å²) in [4.78, 5) is 24.7. The predicted molar refractivity (Wildman–Crippen MR) is 69.6 cm³/mol. The fourth-order valence-corrected chi connectivity index (χ4v) is 1.81. The van der Waals surface area contributed by atoms with Crippen LogP contribution in [0.1, 0.15) is 47.0 Å². The van der Waals surface area contributed by atoms with Gasteiger partial charge >= 0.3 is 0 Å². The van der Waals surface area contributed by atoms with Gasteiger partial charge in [0.15, 0.2) is 0 Å². The van der Waals surface area contributed by atoms with E-state index in [1.54, 1.807) is 11.8 Å². The minimum Gasteiger partial charge on any atom is -0.354 e. The Morgan fingerprint density at radius 3 is 2.12 bits per heavy atom. The van der Waals surface area contributed by atoms with E-state index < -0.39 is 0 Å². The molecule has 1 N–H and O–H groups in total. The maximum atomic E-state index is 11.7. The van der Waals surface area contributed by atoms with E-state index in [-0.39, 0.29) is 17.7 Å². The summed E-state index contributed by atoms with van der Waals surface area (Å²) in [6.45, 7) is 9.57. The molecule has 4 nitrogen and oxygen atoms in total. The van der Waals surface area contributed by atoms with Gasteiger partial charge in [-0.2, -0.15) is 0 Å². The van der Waals surface area contributed by atoms with Crippen LogP contribution in [0.15, 0.2) is 0 Å². The zero-order chi connectivity index (χ0) is 13.3. The lowest BCUT2D eigenvalue weighted by molar-refractivity contribution is -0.130. The first-order valence-corrected chi connectivity index (χ1v) is 6.59. The van der Waals surface area contributed by atoms with Gasteiger partial charge in [-0.15, -0.1) is 0 Å². The number of rotatable bonds is 8. The van der Waals surface area contributed by atoms with Crippen LogP contribution in [0.3, 0.4) is 0 Å². The molecule has 0 spiro atoms. The van der Waals surface area contributed by atoms with Crippen molar-refractivity contribution in [3.05, 3.63) is 0 Å². The van der Waals surface area contributed by atoms with Crippen molar-refractivity contribution in [3.63, 3.8) is 0 Å². The standard InChI is InChI=1S/C13H26N2O2/c1-5-9-15(11(4)16)10-8-14-13(17)12(6-2)7-3/h12H,5-10H2,1-4H3,(H,14,17). The van der Waals surface area contributed by atoms with Crippen molar-refractivity contribution in [2.24, 2.45) is 5.92 Å². The molecular formula is C13H26N2O2. The highest BCUT2D eigenvalue weighted by atomic mass is 16.2. The monoisotopic (exact) mass is 242 g/mol. The lowest BCUT2D eigenvalue weighted by Crippen LogP contribution is -2.39. The molecule has 0 atom stereocenters. The first-order valence-electron chi connectivity index (χ1n) is 6.59. The summed E-state index contributed by atoms with van der Waals surface area (Å²) in [5.41, 5.74) is 0. The lowest BCUT2D eigenvalue weighted by atomic mass is 10.0. The van der Waals surface area contributed by atoms with E-state index in [0.717, 1.165) is 25.8 Å². The lowest BCUT2D eigenvalue weighted by Gasteiger charge is -2.21. The van der Waals surface area contributed by atoms with Crippen molar-refractivity contribution in [1.82, 2.24) is 10.2 Å². The van der Waals surface area contributed by atoms with Crippen LogP contribution in [0.5, 0.6) is 0 Å². The average molecular weight is 242 g/mol. The SMILES string of the molecule is CCCN(CCNC(=O)C(CC)CC)C(C)=O. The highest BCUT2D eigenvalue weighted by molar-refractivity contribution is 5.78. The summed E-state index contributed by atoms with van der Waals surface area (Å²) in [6.07, 6.45) is 2.68. The summed E-state index contributed by atoms with van der Waals surface area (Å²) in [5, 5.41) is 2.90. The van der Waals surface area contributed by atoms with Crippen molar-refractivity contribution in [1.29, 1.82) is 0 Å². The molecule has 4 heteroatoms. The second-order valence-electron chi connectivity index (χ2n) is 4.31. The molecule has 0 heterocycles. The highest BCUT2D eigenvalue weighted by Gasteiger charge is 2.14. The van der Waals surface area contributed by atoms with Gasteiger partial charge in [0.25, 0.3) is 0 Å². The van der Waals surface area contributed by atoms with Gasteiger partial charge in [0.05, 0.1) is 0 Å². The summed E-state index contributed by atoms with van der Waals surface area (Å²) in [5.74, 6) is 0.283.